The van der Waals surface area contributed by atoms with Gasteiger partial charge < -0.3 is 4.74 Å². The molecule has 0 N–H and O–H groups in total. The first-order chi connectivity index (χ1) is 10.8. The molecule has 0 spiro atoms. The van der Waals surface area contributed by atoms with Gasteiger partial charge in [0.05, 0.1) is 5.41 Å². The van der Waals surface area contributed by atoms with Crippen molar-refractivity contribution in [3.8, 4) is 5.75 Å². The molecule has 1 aromatic rings. The Labute approximate surface area is 139 Å². The summed E-state index contributed by atoms with van der Waals surface area (Å²) in [6.45, 7) is 14.1. The predicted octanol–water partition coefficient (Wildman–Crippen LogP) is 5.48. The summed E-state index contributed by atoms with van der Waals surface area (Å²) in [6, 6.07) is 6.07. The van der Waals surface area contributed by atoms with Gasteiger partial charge in [-0.25, -0.2) is 0 Å². The molecule has 1 aromatic carbocycles. The molecular formula is C21H26O2. The molecule has 2 heteroatoms. The lowest BCUT2D eigenvalue weighted by Gasteiger charge is -2.22. The molecule has 2 aliphatic rings. The molecule has 2 nitrogen and oxygen atoms in total. The zero-order valence-electron chi connectivity index (χ0n) is 14.4. The Kier molecular flexibility index (Phi) is 3.95. The summed E-state index contributed by atoms with van der Waals surface area (Å²) in [4.78, 5) is 12.5. The van der Waals surface area contributed by atoms with Crippen molar-refractivity contribution >= 4 is 17.1 Å². The van der Waals surface area contributed by atoms with Crippen LogP contribution in [-0.4, -0.2) is 5.97 Å². The highest BCUT2D eigenvalue weighted by Crippen LogP contribution is 2.48. The fourth-order valence-corrected chi connectivity index (χ4v) is 2.70. The van der Waals surface area contributed by atoms with E-state index in [0.717, 1.165) is 22.3 Å². The molecular weight excluding hydrogens is 284 g/mol. The van der Waals surface area contributed by atoms with E-state index < -0.39 is 5.41 Å². The summed E-state index contributed by atoms with van der Waals surface area (Å²) in [5, 5.41) is 0. The van der Waals surface area contributed by atoms with E-state index in [4.69, 9.17) is 4.74 Å². The molecule has 0 radical (unpaired) electrons. The Bertz CT molecular complexity index is 625. The molecule has 3 rings (SSSR count). The fraction of sp³-hybridized carbons (Fsp3) is 0.476. The van der Waals surface area contributed by atoms with Gasteiger partial charge in [-0.15, -0.1) is 0 Å². The van der Waals surface area contributed by atoms with E-state index in [-0.39, 0.29) is 5.97 Å². The number of ether oxygens (including phenoxy) is 1. The maximum Gasteiger partial charge on any atom is 0.316 e. The van der Waals surface area contributed by atoms with Crippen LogP contribution in [0.1, 0.15) is 57.6 Å². The number of allylic oxidation sites excluding steroid dienone is 2. The third kappa shape index (κ3) is 3.41. The lowest BCUT2D eigenvalue weighted by Crippen LogP contribution is -2.26. The number of carbonyl (C=O) groups is 1. The normalized spacial score (nSPS) is 17.7. The van der Waals surface area contributed by atoms with Crippen molar-refractivity contribution in [1.82, 2.24) is 0 Å². The lowest BCUT2D eigenvalue weighted by molar-refractivity contribution is -0.143. The standard InChI is InChI=1S/C21H26O2/c1-13(15-9-10-15)17-7-6-8-18(14(2)16-11-12-16)19(17)23-20(22)21(3,4)5/h6-8,15-16H,1-2,9-12H2,3-5H3. The molecule has 0 aliphatic heterocycles. The Morgan fingerprint density at radius 3 is 1.78 bits per heavy atom. The SMILES string of the molecule is C=C(c1cccc(C(=C)C2CC2)c1OC(=O)C(C)(C)C)C1CC1. The number of benzene rings is 1. The number of esters is 1. The molecule has 122 valence electrons. The second-order valence-corrected chi connectivity index (χ2v) is 7.92. The number of carbonyl (C=O) groups excluding carboxylic acids is 1. The van der Waals surface area contributed by atoms with E-state index in [1.54, 1.807) is 0 Å². The molecule has 0 aromatic heterocycles. The number of rotatable bonds is 5. The van der Waals surface area contributed by atoms with Crippen LogP contribution in [0, 0.1) is 17.3 Å². The zero-order chi connectivity index (χ0) is 16.8. The average molecular weight is 310 g/mol. The quantitative estimate of drug-likeness (QED) is 0.531. The van der Waals surface area contributed by atoms with E-state index >= 15 is 0 Å². The van der Waals surface area contributed by atoms with Gasteiger partial charge in [0.1, 0.15) is 5.75 Å². The van der Waals surface area contributed by atoms with Crippen LogP contribution in [0.2, 0.25) is 0 Å². The van der Waals surface area contributed by atoms with Crippen LogP contribution in [0.4, 0.5) is 0 Å². The summed E-state index contributed by atoms with van der Waals surface area (Å²) in [6.07, 6.45) is 4.72. The third-order valence-electron chi connectivity index (χ3n) is 4.65. The monoisotopic (exact) mass is 310 g/mol. The van der Waals surface area contributed by atoms with Crippen molar-refractivity contribution in [3.63, 3.8) is 0 Å². The molecule has 0 atom stereocenters. The van der Waals surface area contributed by atoms with Gasteiger partial charge in [0.15, 0.2) is 0 Å². The van der Waals surface area contributed by atoms with Crippen molar-refractivity contribution in [2.75, 3.05) is 0 Å². The zero-order valence-corrected chi connectivity index (χ0v) is 14.4. The first-order valence-electron chi connectivity index (χ1n) is 8.52. The van der Waals surface area contributed by atoms with Gasteiger partial charge in [0.2, 0.25) is 0 Å². The van der Waals surface area contributed by atoms with Crippen LogP contribution in [0.3, 0.4) is 0 Å². The molecule has 2 fully saturated rings. The van der Waals surface area contributed by atoms with Crippen LogP contribution >= 0.6 is 0 Å². The highest BCUT2D eigenvalue weighted by molar-refractivity contribution is 5.86. The van der Waals surface area contributed by atoms with E-state index in [0.29, 0.717) is 17.6 Å². The Morgan fingerprint density at radius 2 is 1.43 bits per heavy atom. The predicted molar refractivity (Wildman–Crippen MR) is 95.0 cm³/mol. The van der Waals surface area contributed by atoms with Gasteiger partial charge in [-0.2, -0.15) is 0 Å². The van der Waals surface area contributed by atoms with Crippen LogP contribution in [0.25, 0.3) is 11.1 Å². The first-order valence-corrected chi connectivity index (χ1v) is 8.52. The van der Waals surface area contributed by atoms with Crippen LogP contribution in [-0.2, 0) is 4.79 Å². The highest BCUT2D eigenvalue weighted by atomic mass is 16.5. The maximum atomic E-state index is 12.5. The topological polar surface area (TPSA) is 26.3 Å². The number of hydrogen-bond acceptors (Lipinski definition) is 2. The fourth-order valence-electron chi connectivity index (χ4n) is 2.70. The van der Waals surface area contributed by atoms with E-state index in [1.165, 1.54) is 25.7 Å². The van der Waals surface area contributed by atoms with E-state index in [2.05, 4.69) is 13.2 Å². The summed E-state index contributed by atoms with van der Waals surface area (Å²) in [5.41, 5.74) is 3.60. The summed E-state index contributed by atoms with van der Waals surface area (Å²) >= 11 is 0. The lowest BCUT2D eigenvalue weighted by atomic mass is 9.93. The maximum absolute atomic E-state index is 12.5. The van der Waals surface area contributed by atoms with Crippen molar-refractivity contribution < 1.29 is 9.53 Å². The highest BCUT2D eigenvalue weighted by Gasteiger charge is 2.33. The minimum atomic E-state index is -0.536. The Morgan fingerprint density at radius 1 is 1.00 bits per heavy atom. The van der Waals surface area contributed by atoms with E-state index in [1.807, 2.05) is 39.0 Å². The van der Waals surface area contributed by atoms with Gasteiger partial charge in [-0.1, -0.05) is 31.4 Å². The van der Waals surface area contributed by atoms with Gasteiger partial charge >= 0.3 is 5.97 Å². The number of hydrogen-bond donors (Lipinski definition) is 0. The molecule has 2 aliphatic carbocycles. The van der Waals surface area contributed by atoms with Gasteiger partial charge in [-0.3, -0.25) is 4.79 Å². The van der Waals surface area contributed by atoms with Gasteiger partial charge in [0.25, 0.3) is 0 Å². The Hall–Kier alpha value is -1.83. The van der Waals surface area contributed by atoms with Gasteiger partial charge in [-0.05, 0) is 69.4 Å². The second-order valence-electron chi connectivity index (χ2n) is 7.92. The molecule has 0 unspecified atom stereocenters. The van der Waals surface area contributed by atoms with Crippen molar-refractivity contribution in [2.24, 2.45) is 17.3 Å². The van der Waals surface area contributed by atoms with Crippen molar-refractivity contribution in [1.29, 1.82) is 0 Å². The average Bonchev–Trinajstić information content (AvgIpc) is 3.38. The first kappa shape index (κ1) is 16.0. The smallest absolute Gasteiger partial charge is 0.316 e. The van der Waals surface area contributed by atoms with Gasteiger partial charge in [0, 0.05) is 11.1 Å². The minimum absolute atomic E-state index is 0.210. The van der Waals surface area contributed by atoms with Crippen molar-refractivity contribution in [2.45, 2.75) is 46.5 Å². The third-order valence-corrected chi connectivity index (χ3v) is 4.65. The molecule has 0 heterocycles. The minimum Gasteiger partial charge on any atom is -0.425 e. The molecule has 0 saturated heterocycles. The van der Waals surface area contributed by atoms with Crippen molar-refractivity contribution in [3.05, 3.63) is 42.5 Å². The van der Waals surface area contributed by atoms with E-state index in [9.17, 15) is 4.79 Å². The Balaban J connectivity index is 2.01. The summed E-state index contributed by atoms with van der Waals surface area (Å²) in [5.74, 6) is 1.53. The van der Waals surface area contributed by atoms with Crippen LogP contribution in [0.15, 0.2) is 31.4 Å². The largest absolute Gasteiger partial charge is 0.425 e. The molecule has 0 amide bonds. The summed E-state index contributed by atoms with van der Waals surface area (Å²) < 4.78 is 5.88. The van der Waals surface area contributed by atoms with Crippen LogP contribution in [0.5, 0.6) is 5.75 Å². The second kappa shape index (κ2) is 5.67. The summed E-state index contributed by atoms with van der Waals surface area (Å²) in [7, 11) is 0. The molecule has 23 heavy (non-hydrogen) atoms. The molecule has 0 bridgehead atoms. The van der Waals surface area contributed by atoms with Crippen LogP contribution < -0.4 is 4.74 Å². The number of para-hydroxylation sites is 1. The molecule has 2 saturated carbocycles.